The Labute approximate surface area is 149 Å². The lowest BCUT2D eigenvalue weighted by Gasteiger charge is -2.07. The number of nitrogens with zero attached hydrogens (tertiary/aromatic N) is 1. The van der Waals surface area contributed by atoms with Crippen molar-refractivity contribution in [1.29, 1.82) is 0 Å². The zero-order valence-electron chi connectivity index (χ0n) is 15.3. The average Bonchev–Trinajstić information content (AvgIpc) is 2.93. The van der Waals surface area contributed by atoms with E-state index >= 15 is 0 Å². The molecule has 3 rings (SSSR count). The van der Waals surface area contributed by atoms with Gasteiger partial charge < -0.3 is 9.88 Å². The molecule has 0 unspecified atom stereocenters. The van der Waals surface area contributed by atoms with Gasteiger partial charge in [0.15, 0.2) is 0 Å². The van der Waals surface area contributed by atoms with Crippen LogP contribution in [0.15, 0.2) is 54.7 Å². The molecule has 0 aliphatic rings. The fraction of sp³-hybridized carbons (Fsp3) is 0.318. The molecule has 1 aromatic heterocycles. The van der Waals surface area contributed by atoms with Crippen molar-refractivity contribution in [1.82, 2.24) is 9.88 Å². The molecule has 25 heavy (non-hydrogen) atoms. The van der Waals surface area contributed by atoms with Crippen molar-refractivity contribution in [2.75, 3.05) is 0 Å². The Hall–Kier alpha value is -2.55. The van der Waals surface area contributed by atoms with Crippen LogP contribution in [0.25, 0.3) is 10.9 Å². The predicted molar refractivity (Wildman–Crippen MR) is 104 cm³/mol. The fourth-order valence-electron chi connectivity index (χ4n) is 3.19. The Bertz CT molecular complexity index is 859. The molecule has 0 atom stereocenters. The number of aromatic nitrogens is 1. The largest absolute Gasteiger partial charge is 0.354 e. The maximum Gasteiger partial charge on any atom is 0.220 e. The van der Waals surface area contributed by atoms with Gasteiger partial charge in [-0.25, -0.2) is 0 Å². The van der Waals surface area contributed by atoms with E-state index in [-0.39, 0.29) is 11.9 Å². The van der Waals surface area contributed by atoms with Crippen molar-refractivity contribution in [3.05, 3.63) is 71.4 Å². The molecule has 3 nitrogen and oxygen atoms in total. The number of hydrogen-bond acceptors (Lipinski definition) is 1. The highest BCUT2D eigenvalue weighted by molar-refractivity contribution is 5.85. The number of nitrogens with one attached hydrogen (secondary N) is 1. The third-order valence-electron chi connectivity index (χ3n) is 4.42. The van der Waals surface area contributed by atoms with E-state index in [0.717, 1.165) is 13.0 Å². The summed E-state index contributed by atoms with van der Waals surface area (Å²) in [6.45, 7) is 6.94. The molecule has 0 aliphatic carbocycles. The number of carbonyl (C=O) groups excluding carboxylic acids is 1. The zero-order chi connectivity index (χ0) is 17.8. The summed E-state index contributed by atoms with van der Waals surface area (Å²) in [6.07, 6.45) is 3.49. The Balaban J connectivity index is 1.82. The van der Waals surface area contributed by atoms with E-state index in [1.165, 1.54) is 27.6 Å². The molecule has 3 heteroatoms. The summed E-state index contributed by atoms with van der Waals surface area (Å²) in [5.41, 5.74) is 5.03. The van der Waals surface area contributed by atoms with Crippen LogP contribution in [-0.4, -0.2) is 16.5 Å². The van der Waals surface area contributed by atoms with Crippen LogP contribution in [0.2, 0.25) is 0 Å². The summed E-state index contributed by atoms with van der Waals surface area (Å²) in [6, 6.07) is 17.3. The molecule has 0 fully saturated rings. The van der Waals surface area contributed by atoms with Crippen LogP contribution in [-0.2, 0) is 17.8 Å². The number of hydrogen-bond donors (Lipinski definition) is 1. The summed E-state index contributed by atoms with van der Waals surface area (Å²) < 4.78 is 2.29. The number of carbonyl (C=O) groups is 1. The Morgan fingerprint density at radius 3 is 2.52 bits per heavy atom. The summed E-state index contributed by atoms with van der Waals surface area (Å²) in [5.74, 6) is 0.116. The molecule has 0 saturated heterocycles. The molecule has 0 bridgehead atoms. The van der Waals surface area contributed by atoms with Crippen LogP contribution in [0.4, 0.5) is 0 Å². The maximum atomic E-state index is 12.0. The minimum absolute atomic E-state index is 0.116. The first-order valence-corrected chi connectivity index (χ1v) is 8.94. The van der Waals surface area contributed by atoms with Crippen LogP contribution < -0.4 is 5.32 Å². The van der Waals surface area contributed by atoms with Crippen molar-refractivity contribution in [3.63, 3.8) is 0 Å². The standard InChI is InChI=1S/C22H26N2O/c1-16(2)23-22(25)13-12-19-15-24(21-7-5-4-6-20(19)21)14-18-10-8-17(3)9-11-18/h4-11,15-16H,12-14H2,1-3H3,(H,23,25). The van der Waals surface area contributed by atoms with Crippen LogP contribution in [0, 0.1) is 6.92 Å². The number of para-hydroxylation sites is 1. The molecule has 2 aromatic carbocycles. The Morgan fingerprint density at radius 1 is 1.08 bits per heavy atom. The molecule has 0 aliphatic heterocycles. The summed E-state index contributed by atoms with van der Waals surface area (Å²) in [4.78, 5) is 12.0. The second-order valence-electron chi connectivity index (χ2n) is 7.01. The molecule has 0 spiro atoms. The Kier molecular flexibility index (Phi) is 5.22. The smallest absolute Gasteiger partial charge is 0.220 e. The van der Waals surface area contributed by atoms with Crippen molar-refractivity contribution in [2.24, 2.45) is 0 Å². The van der Waals surface area contributed by atoms with Gasteiger partial charge in [0.05, 0.1) is 0 Å². The van der Waals surface area contributed by atoms with Gasteiger partial charge >= 0.3 is 0 Å². The third kappa shape index (κ3) is 4.30. The molecule has 1 amide bonds. The number of fused-ring (bicyclic) bond motifs is 1. The molecular formula is C22H26N2O. The highest BCUT2D eigenvalue weighted by Gasteiger charge is 2.11. The van der Waals surface area contributed by atoms with Gasteiger partial charge in [-0.3, -0.25) is 4.79 Å². The van der Waals surface area contributed by atoms with Gasteiger partial charge in [0, 0.05) is 36.1 Å². The van der Waals surface area contributed by atoms with Gasteiger partial charge in [-0.2, -0.15) is 0 Å². The zero-order valence-corrected chi connectivity index (χ0v) is 15.3. The molecule has 0 saturated carbocycles. The summed E-state index contributed by atoms with van der Waals surface area (Å²) in [5, 5.41) is 4.21. The highest BCUT2D eigenvalue weighted by atomic mass is 16.1. The first-order chi connectivity index (χ1) is 12.0. The first-order valence-electron chi connectivity index (χ1n) is 8.94. The lowest BCUT2D eigenvalue weighted by atomic mass is 10.1. The predicted octanol–water partition coefficient (Wildman–Crippen LogP) is 4.46. The fourth-order valence-corrected chi connectivity index (χ4v) is 3.19. The van der Waals surface area contributed by atoms with E-state index in [4.69, 9.17) is 0 Å². The topological polar surface area (TPSA) is 34.0 Å². The lowest BCUT2D eigenvalue weighted by molar-refractivity contribution is -0.121. The van der Waals surface area contributed by atoms with Crippen LogP contribution in [0.5, 0.6) is 0 Å². The molecular weight excluding hydrogens is 308 g/mol. The third-order valence-corrected chi connectivity index (χ3v) is 4.42. The van der Waals surface area contributed by atoms with Gasteiger partial charge in [-0.05, 0) is 44.4 Å². The molecule has 1 heterocycles. The summed E-state index contributed by atoms with van der Waals surface area (Å²) in [7, 11) is 0. The van der Waals surface area contributed by atoms with Gasteiger partial charge in [-0.1, -0.05) is 48.0 Å². The Morgan fingerprint density at radius 2 is 1.80 bits per heavy atom. The van der Waals surface area contributed by atoms with Crippen LogP contribution >= 0.6 is 0 Å². The van der Waals surface area contributed by atoms with Gasteiger partial charge in [0.25, 0.3) is 0 Å². The quantitative estimate of drug-likeness (QED) is 0.710. The molecule has 130 valence electrons. The van der Waals surface area contributed by atoms with E-state index in [1.54, 1.807) is 0 Å². The van der Waals surface area contributed by atoms with E-state index in [2.05, 4.69) is 71.5 Å². The molecule has 3 aromatic rings. The number of rotatable bonds is 6. The molecule has 1 N–H and O–H groups in total. The van der Waals surface area contributed by atoms with Crippen molar-refractivity contribution < 1.29 is 4.79 Å². The van der Waals surface area contributed by atoms with Crippen molar-refractivity contribution >= 4 is 16.8 Å². The normalized spacial score (nSPS) is 11.2. The minimum atomic E-state index is 0.116. The lowest BCUT2D eigenvalue weighted by Crippen LogP contribution is -2.30. The number of benzene rings is 2. The first kappa shape index (κ1) is 17.3. The van der Waals surface area contributed by atoms with Gasteiger partial charge in [0.1, 0.15) is 0 Å². The molecule has 0 radical (unpaired) electrons. The SMILES string of the molecule is Cc1ccc(Cn2cc(CCC(=O)NC(C)C)c3ccccc32)cc1. The van der Waals surface area contributed by atoms with Crippen molar-refractivity contribution in [3.8, 4) is 0 Å². The van der Waals surface area contributed by atoms with E-state index in [9.17, 15) is 4.79 Å². The van der Waals surface area contributed by atoms with Gasteiger partial charge in [0.2, 0.25) is 5.91 Å². The highest BCUT2D eigenvalue weighted by Crippen LogP contribution is 2.23. The second-order valence-corrected chi connectivity index (χ2v) is 7.01. The average molecular weight is 334 g/mol. The minimum Gasteiger partial charge on any atom is -0.354 e. The van der Waals surface area contributed by atoms with Crippen molar-refractivity contribution in [2.45, 2.75) is 46.2 Å². The van der Waals surface area contributed by atoms with Gasteiger partial charge in [-0.15, -0.1) is 0 Å². The van der Waals surface area contributed by atoms with Crippen LogP contribution in [0.3, 0.4) is 0 Å². The second kappa shape index (κ2) is 7.56. The van der Waals surface area contributed by atoms with E-state index in [0.29, 0.717) is 6.42 Å². The summed E-state index contributed by atoms with van der Waals surface area (Å²) >= 11 is 0. The number of amides is 1. The number of aryl methyl sites for hydroxylation is 2. The monoisotopic (exact) mass is 334 g/mol. The van der Waals surface area contributed by atoms with E-state index < -0.39 is 0 Å². The van der Waals surface area contributed by atoms with E-state index in [1.807, 2.05) is 13.8 Å². The maximum absolute atomic E-state index is 12.0. The van der Waals surface area contributed by atoms with Crippen LogP contribution in [0.1, 0.15) is 37.0 Å².